The van der Waals surface area contributed by atoms with Crippen molar-refractivity contribution in [3.63, 3.8) is 0 Å². The van der Waals surface area contributed by atoms with E-state index in [0.717, 1.165) is 5.56 Å². The summed E-state index contributed by atoms with van der Waals surface area (Å²) in [4.78, 5) is 14.9. The quantitative estimate of drug-likeness (QED) is 0.525. The molecule has 8 heteroatoms. The number of carbonyl (C=O) groups excluding carboxylic acids is 1. The maximum atomic E-state index is 13.0. The van der Waals surface area contributed by atoms with Crippen LogP contribution in [0.25, 0.3) is 0 Å². The average molecular weight is 455 g/mol. The van der Waals surface area contributed by atoms with Gasteiger partial charge in [-0.25, -0.2) is 8.42 Å². The van der Waals surface area contributed by atoms with Crippen LogP contribution in [0.3, 0.4) is 0 Å². The number of carbonyl (C=O) groups is 1. The summed E-state index contributed by atoms with van der Waals surface area (Å²) < 4.78 is 38.1. The van der Waals surface area contributed by atoms with Gasteiger partial charge in [0.25, 0.3) is 15.9 Å². The molecule has 0 fully saturated rings. The molecule has 0 aliphatic heterocycles. The zero-order chi connectivity index (χ0) is 23.1. The Kier molecular flexibility index (Phi) is 7.37. The van der Waals surface area contributed by atoms with E-state index >= 15 is 0 Å². The van der Waals surface area contributed by atoms with Gasteiger partial charge in [-0.1, -0.05) is 24.3 Å². The highest BCUT2D eigenvalue weighted by Crippen LogP contribution is 2.28. The fourth-order valence-electron chi connectivity index (χ4n) is 3.20. The number of hydrogen-bond donors (Lipinski definition) is 1. The van der Waals surface area contributed by atoms with Crippen LogP contribution in [-0.2, 0) is 16.6 Å². The van der Waals surface area contributed by atoms with E-state index in [0.29, 0.717) is 35.8 Å². The summed E-state index contributed by atoms with van der Waals surface area (Å²) in [6.45, 7) is 2.81. The first kappa shape index (κ1) is 23.1. The molecule has 1 N–H and O–H groups in total. The zero-order valence-corrected chi connectivity index (χ0v) is 19.1. The average Bonchev–Trinajstić information content (AvgIpc) is 2.82. The molecular formula is C24H26N2O5S. The smallest absolute Gasteiger partial charge is 0.261 e. The summed E-state index contributed by atoms with van der Waals surface area (Å²) >= 11 is 0. The molecule has 0 saturated heterocycles. The van der Waals surface area contributed by atoms with Crippen LogP contribution >= 0.6 is 0 Å². The summed E-state index contributed by atoms with van der Waals surface area (Å²) in [5, 5.41) is 0. The number of ether oxygens (including phenoxy) is 2. The van der Waals surface area contributed by atoms with Gasteiger partial charge in [0.05, 0.1) is 19.1 Å². The molecule has 0 heterocycles. The van der Waals surface area contributed by atoms with E-state index in [4.69, 9.17) is 9.47 Å². The fraction of sp³-hybridized carbons (Fsp3) is 0.208. The van der Waals surface area contributed by atoms with Gasteiger partial charge in [0.15, 0.2) is 11.5 Å². The van der Waals surface area contributed by atoms with Crippen LogP contribution in [0.1, 0.15) is 22.8 Å². The summed E-state index contributed by atoms with van der Waals surface area (Å²) in [6.07, 6.45) is 0. The van der Waals surface area contributed by atoms with Crippen molar-refractivity contribution in [1.29, 1.82) is 0 Å². The molecule has 0 bridgehead atoms. The number of methoxy groups -OCH3 is 2. The van der Waals surface area contributed by atoms with E-state index in [1.165, 1.54) is 12.1 Å². The predicted octanol–water partition coefficient (Wildman–Crippen LogP) is 4.17. The van der Waals surface area contributed by atoms with Crippen molar-refractivity contribution < 1.29 is 22.7 Å². The molecule has 0 aliphatic carbocycles. The number of nitrogens with zero attached hydrogens (tertiary/aromatic N) is 1. The summed E-state index contributed by atoms with van der Waals surface area (Å²) in [5.74, 6) is 1.07. The number of benzene rings is 3. The molecule has 168 valence electrons. The number of rotatable bonds is 9. The Labute approximate surface area is 188 Å². The van der Waals surface area contributed by atoms with E-state index < -0.39 is 10.0 Å². The van der Waals surface area contributed by atoms with Gasteiger partial charge in [-0.3, -0.25) is 9.52 Å². The Hall–Kier alpha value is -3.52. The third kappa shape index (κ3) is 5.39. The highest BCUT2D eigenvalue weighted by Gasteiger charge is 2.17. The van der Waals surface area contributed by atoms with Crippen molar-refractivity contribution in [2.75, 3.05) is 25.5 Å². The van der Waals surface area contributed by atoms with Crippen LogP contribution in [-0.4, -0.2) is 40.0 Å². The van der Waals surface area contributed by atoms with Crippen LogP contribution < -0.4 is 14.2 Å². The maximum Gasteiger partial charge on any atom is 0.261 e. The van der Waals surface area contributed by atoms with E-state index in [1.807, 2.05) is 19.1 Å². The van der Waals surface area contributed by atoms with Crippen molar-refractivity contribution in [2.24, 2.45) is 0 Å². The minimum absolute atomic E-state index is 0.153. The molecule has 3 aromatic rings. The number of amides is 1. The minimum Gasteiger partial charge on any atom is -0.493 e. The second-order valence-electron chi connectivity index (χ2n) is 7.00. The van der Waals surface area contributed by atoms with Crippen LogP contribution in [0.2, 0.25) is 0 Å². The lowest BCUT2D eigenvalue weighted by atomic mass is 10.1. The molecule has 7 nitrogen and oxygen atoms in total. The molecule has 0 unspecified atom stereocenters. The van der Waals surface area contributed by atoms with E-state index in [2.05, 4.69) is 4.72 Å². The summed E-state index contributed by atoms with van der Waals surface area (Å²) in [6, 6.07) is 20.0. The highest BCUT2D eigenvalue weighted by atomic mass is 32.2. The fourth-order valence-corrected chi connectivity index (χ4v) is 4.28. The minimum atomic E-state index is -3.69. The molecule has 0 radical (unpaired) electrons. The molecule has 1 amide bonds. The largest absolute Gasteiger partial charge is 0.493 e. The first-order chi connectivity index (χ1) is 15.4. The molecule has 3 rings (SSSR count). The Bertz CT molecular complexity index is 1160. The Morgan fingerprint density at radius 2 is 1.56 bits per heavy atom. The first-order valence-electron chi connectivity index (χ1n) is 10.1. The van der Waals surface area contributed by atoms with Gasteiger partial charge in [-0.15, -0.1) is 0 Å². The lowest BCUT2D eigenvalue weighted by molar-refractivity contribution is 0.0752. The van der Waals surface area contributed by atoms with Gasteiger partial charge in [-0.05, 0) is 61.0 Å². The van der Waals surface area contributed by atoms with Crippen molar-refractivity contribution in [3.8, 4) is 11.5 Å². The summed E-state index contributed by atoms with van der Waals surface area (Å²) in [5.41, 5.74) is 1.76. The van der Waals surface area contributed by atoms with Gasteiger partial charge in [0, 0.05) is 24.3 Å². The number of anilines is 1. The van der Waals surface area contributed by atoms with Crippen LogP contribution in [0, 0.1) is 0 Å². The molecule has 0 saturated carbocycles. The van der Waals surface area contributed by atoms with Crippen molar-refractivity contribution in [3.05, 3.63) is 83.9 Å². The molecule has 32 heavy (non-hydrogen) atoms. The molecule has 3 aromatic carbocycles. The highest BCUT2D eigenvalue weighted by molar-refractivity contribution is 7.92. The second-order valence-corrected chi connectivity index (χ2v) is 8.69. The standard InChI is InChI=1S/C24H26N2O5S/c1-4-26(17-18-10-15-22(30-2)23(16-18)31-3)24(27)19-11-13-20(14-12-19)25-32(28,29)21-8-6-5-7-9-21/h5-16,25H,4,17H2,1-3H3. The Morgan fingerprint density at radius 3 is 2.16 bits per heavy atom. The van der Waals surface area contributed by atoms with Gasteiger partial charge >= 0.3 is 0 Å². The van der Waals surface area contributed by atoms with Gasteiger partial charge in [0.1, 0.15) is 0 Å². The van der Waals surface area contributed by atoms with Crippen LogP contribution in [0.5, 0.6) is 11.5 Å². The first-order valence-corrected chi connectivity index (χ1v) is 11.5. The predicted molar refractivity (Wildman–Crippen MR) is 124 cm³/mol. The van der Waals surface area contributed by atoms with Crippen LogP contribution in [0.15, 0.2) is 77.7 Å². The maximum absolute atomic E-state index is 13.0. The number of sulfonamides is 1. The lowest BCUT2D eigenvalue weighted by Crippen LogP contribution is -2.30. The van der Waals surface area contributed by atoms with Crippen molar-refractivity contribution in [2.45, 2.75) is 18.4 Å². The van der Waals surface area contributed by atoms with Crippen molar-refractivity contribution >= 4 is 21.6 Å². The van der Waals surface area contributed by atoms with E-state index in [-0.39, 0.29) is 10.8 Å². The number of hydrogen-bond acceptors (Lipinski definition) is 5. The van der Waals surface area contributed by atoms with Gasteiger partial charge < -0.3 is 14.4 Å². The van der Waals surface area contributed by atoms with Gasteiger partial charge in [-0.2, -0.15) is 0 Å². The molecule has 0 aromatic heterocycles. The Balaban J connectivity index is 1.72. The second kappa shape index (κ2) is 10.2. The third-order valence-corrected chi connectivity index (χ3v) is 6.33. The van der Waals surface area contributed by atoms with Crippen LogP contribution in [0.4, 0.5) is 5.69 Å². The van der Waals surface area contributed by atoms with Gasteiger partial charge in [0.2, 0.25) is 0 Å². The normalized spacial score (nSPS) is 11.0. The molecule has 0 aliphatic rings. The molecule has 0 atom stereocenters. The third-order valence-electron chi connectivity index (χ3n) is 4.93. The van der Waals surface area contributed by atoms with Crippen molar-refractivity contribution in [1.82, 2.24) is 4.90 Å². The molecule has 0 spiro atoms. The topological polar surface area (TPSA) is 84.9 Å². The lowest BCUT2D eigenvalue weighted by Gasteiger charge is -2.22. The number of nitrogens with one attached hydrogen (secondary N) is 1. The van der Waals surface area contributed by atoms with E-state index in [9.17, 15) is 13.2 Å². The zero-order valence-electron chi connectivity index (χ0n) is 18.2. The monoisotopic (exact) mass is 454 g/mol. The molecular weight excluding hydrogens is 428 g/mol. The SMILES string of the molecule is CCN(Cc1ccc(OC)c(OC)c1)C(=O)c1ccc(NS(=O)(=O)c2ccccc2)cc1. The Morgan fingerprint density at radius 1 is 0.906 bits per heavy atom. The van der Waals surface area contributed by atoms with E-state index in [1.54, 1.807) is 67.7 Å². The summed E-state index contributed by atoms with van der Waals surface area (Å²) in [7, 11) is -0.548.